The molecule has 0 amide bonds. The van der Waals surface area contributed by atoms with Crippen molar-refractivity contribution in [3.05, 3.63) is 69.8 Å². The van der Waals surface area contributed by atoms with Gasteiger partial charge in [-0.1, -0.05) is 24.3 Å². The number of nitro groups is 1. The largest absolute Gasteiger partial charge is 0.493 e. The first-order chi connectivity index (χ1) is 16.0. The summed E-state index contributed by atoms with van der Waals surface area (Å²) in [7, 11) is 3.20. The third kappa shape index (κ3) is 4.67. The van der Waals surface area contributed by atoms with E-state index in [9.17, 15) is 10.1 Å². The molecule has 11 heteroatoms. The summed E-state index contributed by atoms with van der Waals surface area (Å²) >= 11 is 1.54. The van der Waals surface area contributed by atoms with Gasteiger partial charge in [0.05, 0.1) is 24.8 Å². The first-order valence-electron chi connectivity index (χ1n) is 9.76. The van der Waals surface area contributed by atoms with Crippen molar-refractivity contribution in [2.75, 3.05) is 25.3 Å². The lowest BCUT2D eigenvalue weighted by molar-refractivity contribution is -0.383. The highest BCUT2D eigenvalue weighted by Gasteiger charge is 2.20. The second-order valence-corrected chi connectivity index (χ2v) is 7.73. The summed E-state index contributed by atoms with van der Waals surface area (Å²) in [6.45, 7) is 0.340. The van der Waals surface area contributed by atoms with E-state index in [1.54, 1.807) is 14.2 Å². The van der Waals surface area contributed by atoms with Gasteiger partial charge >= 0.3 is 5.69 Å². The molecule has 2 heterocycles. The molecule has 0 radical (unpaired) electrons. The van der Waals surface area contributed by atoms with Gasteiger partial charge in [0.25, 0.3) is 0 Å². The van der Waals surface area contributed by atoms with Crippen molar-refractivity contribution in [1.29, 1.82) is 0 Å². The minimum Gasteiger partial charge on any atom is -0.493 e. The van der Waals surface area contributed by atoms with Crippen LogP contribution in [0.3, 0.4) is 0 Å². The standard InChI is InChI=1S/C22H20N6O4S/c1-31-17-8-7-15(9-18(17)32-2)16-11-33-22(27-16)14-5-3-13(4-6-14)10-24-21-19(28(29)30)20(23)25-12-26-21/h3-9,11-12H,10H2,1-2H3,(H3,23,24,25,26). The summed E-state index contributed by atoms with van der Waals surface area (Å²) in [5, 5.41) is 17.0. The van der Waals surface area contributed by atoms with Gasteiger partial charge in [-0.3, -0.25) is 10.1 Å². The lowest BCUT2D eigenvalue weighted by atomic mass is 10.1. The van der Waals surface area contributed by atoms with Gasteiger partial charge in [0, 0.05) is 23.1 Å². The van der Waals surface area contributed by atoms with E-state index in [2.05, 4.69) is 15.3 Å². The minimum absolute atomic E-state index is 0.0797. The van der Waals surface area contributed by atoms with Crippen molar-refractivity contribution >= 4 is 28.7 Å². The maximum absolute atomic E-state index is 11.2. The smallest absolute Gasteiger partial charge is 0.352 e. The van der Waals surface area contributed by atoms with Crippen LogP contribution in [0.2, 0.25) is 0 Å². The van der Waals surface area contributed by atoms with Crippen molar-refractivity contribution in [1.82, 2.24) is 15.0 Å². The summed E-state index contributed by atoms with van der Waals surface area (Å²) < 4.78 is 10.7. The van der Waals surface area contributed by atoms with Gasteiger partial charge < -0.3 is 20.5 Å². The number of nitrogens with two attached hydrogens (primary N) is 1. The number of anilines is 2. The van der Waals surface area contributed by atoms with E-state index in [1.165, 1.54) is 17.7 Å². The first-order valence-corrected chi connectivity index (χ1v) is 10.6. The van der Waals surface area contributed by atoms with Crippen LogP contribution in [0, 0.1) is 10.1 Å². The third-order valence-corrected chi connectivity index (χ3v) is 5.77. The number of hydrogen-bond donors (Lipinski definition) is 2. The summed E-state index contributed by atoms with van der Waals surface area (Å²) in [6.07, 6.45) is 1.19. The van der Waals surface area contributed by atoms with Gasteiger partial charge in [-0.15, -0.1) is 11.3 Å². The number of benzene rings is 2. The van der Waals surface area contributed by atoms with E-state index in [0.717, 1.165) is 27.4 Å². The van der Waals surface area contributed by atoms with E-state index >= 15 is 0 Å². The second-order valence-electron chi connectivity index (χ2n) is 6.87. The molecule has 0 aliphatic heterocycles. The highest BCUT2D eigenvalue weighted by Crippen LogP contribution is 2.34. The van der Waals surface area contributed by atoms with Gasteiger partial charge in [-0.25, -0.2) is 15.0 Å². The van der Waals surface area contributed by atoms with Crippen molar-refractivity contribution < 1.29 is 14.4 Å². The zero-order valence-electron chi connectivity index (χ0n) is 17.8. The molecule has 2 aromatic heterocycles. The molecular formula is C22H20N6O4S. The van der Waals surface area contributed by atoms with Crippen LogP contribution in [0.1, 0.15) is 5.56 Å². The fourth-order valence-electron chi connectivity index (χ4n) is 3.19. The molecule has 2 aromatic carbocycles. The number of nitrogen functional groups attached to an aromatic ring is 1. The number of ether oxygens (including phenoxy) is 2. The van der Waals surface area contributed by atoms with Crippen LogP contribution in [0.5, 0.6) is 11.5 Å². The molecule has 0 saturated heterocycles. The van der Waals surface area contributed by atoms with Gasteiger partial charge in [0.1, 0.15) is 11.3 Å². The maximum Gasteiger partial charge on any atom is 0.352 e. The number of thiazole rings is 1. The van der Waals surface area contributed by atoms with Crippen molar-refractivity contribution in [3.63, 3.8) is 0 Å². The van der Waals surface area contributed by atoms with Gasteiger partial charge in [-0.2, -0.15) is 0 Å². The Morgan fingerprint density at radius 3 is 2.48 bits per heavy atom. The van der Waals surface area contributed by atoms with Crippen molar-refractivity contribution in [2.24, 2.45) is 0 Å². The predicted molar refractivity (Wildman–Crippen MR) is 127 cm³/mol. The molecule has 0 bridgehead atoms. The Bertz CT molecular complexity index is 1290. The molecule has 168 valence electrons. The summed E-state index contributed by atoms with van der Waals surface area (Å²) in [5.41, 5.74) is 8.92. The molecule has 3 N–H and O–H groups in total. The zero-order chi connectivity index (χ0) is 23.4. The average molecular weight is 465 g/mol. The molecule has 0 atom stereocenters. The highest BCUT2D eigenvalue weighted by atomic mass is 32.1. The van der Waals surface area contributed by atoms with Crippen LogP contribution in [0.15, 0.2) is 54.2 Å². The predicted octanol–water partition coefficient (Wildman–Crippen LogP) is 4.39. The van der Waals surface area contributed by atoms with Gasteiger partial charge in [0.15, 0.2) is 11.5 Å². The zero-order valence-corrected chi connectivity index (χ0v) is 18.6. The molecule has 33 heavy (non-hydrogen) atoms. The molecule has 0 saturated carbocycles. The third-order valence-electron chi connectivity index (χ3n) is 4.88. The Morgan fingerprint density at radius 2 is 1.79 bits per heavy atom. The molecule has 0 unspecified atom stereocenters. The molecule has 4 rings (SSSR count). The van der Waals surface area contributed by atoms with Crippen LogP contribution in [-0.2, 0) is 6.54 Å². The van der Waals surface area contributed by atoms with Gasteiger partial charge in [-0.05, 0) is 23.8 Å². The van der Waals surface area contributed by atoms with Crippen LogP contribution < -0.4 is 20.5 Å². The maximum atomic E-state index is 11.2. The number of methoxy groups -OCH3 is 2. The second kappa shape index (κ2) is 9.49. The quantitative estimate of drug-likeness (QED) is 0.287. The fourth-order valence-corrected chi connectivity index (χ4v) is 4.02. The van der Waals surface area contributed by atoms with Crippen molar-refractivity contribution in [3.8, 4) is 33.3 Å². The SMILES string of the molecule is COc1ccc(-c2csc(-c3ccc(CNc4ncnc(N)c4[N+](=O)[O-])cc3)n2)cc1OC. The van der Waals surface area contributed by atoms with Crippen LogP contribution >= 0.6 is 11.3 Å². The van der Waals surface area contributed by atoms with E-state index in [-0.39, 0.29) is 17.3 Å². The van der Waals surface area contributed by atoms with Crippen molar-refractivity contribution in [2.45, 2.75) is 6.54 Å². The number of rotatable bonds is 8. The summed E-state index contributed by atoms with van der Waals surface area (Å²) in [5.74, 6) is 1.21. The molecule has 0 fully saturated rings. The van der Waals surface area contributed by atoms with Crippen LogP contribution in [0.25, 0.3) is 21.8 Å². The number of hydrogen-bond acceptors (Lipinski definition) is 10. The Labute approximate surface area is 193 Å². The highest BCUT2D eigenvalue weighted by molar-refractivity contribution is 7.13. The Balaban J connectivity index is 1.48. The summed E-state index contributed by atoms with van der Waals surface area (Å²) in [6, 6.07) is 13.4. The van der Waals surface area contributed by atoms with E-state index in [4.69, 9.17) is 20.2 Å². The molecule has 4 aromatic rings. The van der Waals surface area contributed by atoms with E-state index < -0.39 is 4.92 Å². The van der Waals surface area contributed by atoms with Crippen LogP contribution in [-0.4, -0.2) is 34.1 Å². The lowest BCUT2D eigenvalue weighted by Crippen LogP contribution is -2.08. The van der Waals surface area contributed by atoms with Gasteiger partial charge in [0.2, 0.25) is 11.6 Å². The average Bonchev–Trinajstić information content (AvgIpc) is 3.32. The van der Waals surface area contributed by atoms with Crippen LogP contribution in [0.4, 0.5) is 17.3 Å². The normalized spacial score (nSPS) is 10.6. The van der Waals surface area contributed by atoms with E-state index in [1.807, 2.05) is 47.8 Å². The minimum atomic E-state index is -0.598. The monoisotopic (exact) mass is 464 g/mol. The molecule has 10 nitrogen and oxygen atoms in total. The molecule has 0 spiro atoms. The summed E-state index contributed by atoms with van der Waals surface area (Å²) in [4.78, 5) is 23.0. The van der Waals surface area contributed by atoms with E-state index in [0.29, 0.717) is 18.0 Å². The fraction of sp³-hybridized carbons (Fsp3) is 0.136. The number of aromatic nitrogens is 3. The molecular weight excluding hydrogens is 444 g/mol. The Kier molecular flexibility index (Phi) is 6.31. The first kappa shape index (κ1) is 22.0. The topological polar surface area (TPSA) is 138 Å². The Hall–Kier alpha value is -4.25. The lowest BCUT2D eigenvalue weighted by Gasteiger charge is -2.08. The Morgan fingerprint density at radius 1 is 1.06 bits per heavy atom. The molecule has 0 aliphatic carbocycles. The number of nitrogens with one attached hydrogen (secondary N) is 1. The molecule has 0 aliphatic rings. The number of nitrogens with zero attached hydrogens (tertiary/aromatic N) is 4.